The minimum atomic E-state index is 0.798. The standard InChI is InChI=1S/C11H12O.C2H6/c1-9-5-6-11-10(8-9)4-2-3-7-12-11;1-2/h2,4-6,8H,3,7H2,1H3;1-2H3. The second kappa shape index (κ2) is 5.48. The number of aryl methyl sites for hydroxylation is 1. The third-order valence-corrected chi connectivity index (χ3v) is 2.00. The Bertz CT molecular complexity index is 313. The van der Waals surface area contributed by atoms with Crippen molar-refractivity contribution in [3.63, 3.8) is 0 Å². The summed E-state index contributed by atoms with van der Waals surface area (Å²) in [7, 11) is 0. The summed E-state index contributed by atoms with van der Waals surface area (Å²) in [5, 5.41) is 0. The van der Waals surface area contributed by atoms with Crippen LogP contribution in [0.1, 0.15) is 31.4 Å². The smallest absolute Gasteiger partial charge is 0.126 e. The molecule has 0 atom stereocenters. The summed E-state index contributed by atoms with van der Waals surface area (Å²) in [6.07, 6.45) is 5.30. The zero-order valence-corrected chi connectivity index (χ0v) is 9.21. The lowest BCUT2D eigenvalue weighted by molar-refractivity contribution is 0.326. The van der Waals surface area contributed by atoms with E-state index in [0.29, 0.717) is 0 Å². The maximum Gasteiger partial charge on any atom is 0.126 e. The lowest BCUT2D eigenvalue weighted by Gasteiger charge is -2.05. The summed E-state index contributed by atoms with van der Waals surface area (Å²) in [6.45, 7) is 6.89. The number of ether oxygens (including phenoxy) is 1. The molecule has 0 unspecified atom stereocenters. The van der Waals surface area contributed by atoms with Gasteiger partial charge in [0.2, 0.25) is 0 Å². The van der Waals surface area contributed by atoms with Gasteiger partial charge in [0.15, 0.2) is 0 Å². The molecule has 1 heterocycles. The Kier molecular flexibility index (Phi) is 4.24. The van der Waals surface area contributed by atoms with Crippen molar-refractivity contribution in [2.24, 2.45) is 0 Å². The van der Waals surface area contributed by atoms with E-state index in [9.17, 15) is 0 Å². The maximum absolute atomic E-state index is 5.54. The average molecular weight is 190 g/mol. The van der Waals surface area contributed by atoms with Crippen LogP contribution in [0, 0.1) is 6.92 Å². The minimum Gasteiger partial charge on any atom is -0.493 e. The third-order valence-electron chi connectivity index (χ3n) is 2.00. The molecule has 1 aromatic carbocycles. The number of hydrogen-bond donors (Lipinski definition) is 0. The summed E-state index contributed by atoms with van der Waals surface area (Å²) in [6, 6.07) is 6.27. The van der Waals surface area contributed by atoms with Crippen molar-refractivity contribution in [1.82, 2.24) is 0 Å². The Morgan fingerprint density at radius 2 is 2.00 bits per heavy atom. The van der Waals surface area contributed by atoms with Crippen LogP contribution in [0.5, 0.6) is 5.75 Å². The quantitative estimate of drug-likeness (QED) is 0.604. The van der Waals surface area contributed by atoms with Gasteiger partial charge in [-0.15, -0.1) is 0 Å². The highest BCUT2D eigenvalue weighted by molar-refractivity contribution is 5.58. The van der Waals surface area contributed by atoms with Crippen molar-refractivity contribution in [3.05, 3.63) is 35.4 Å². The Morgan fingerprint density at radius 1 is 1.21 bits per heavy atom. The van der Waals surface area contributed by atoms with Gasteiger partial charge in [-0.05, 0) is 25.5 Å². The van der Waals surface area contributed by atoms with Gasteiger partial charge in [-0.25, -0.2) is 0 Å². The summed E-state index contributed by atoms with van der Waals surface area (Å²) in [5.41, 5.74) is 2.48. The monoisotopic (exact) mass is 190 g/mol. The molecule has 0 N–H and O–H groups in total. The van der Waals surface area contributed by atoms with E-state index in [1.54, 1.807) is 0 Å². The van der Waals surface area contributed by atoms with Gasteiger partial charge < -0.3 is 4.74 Å². The second-order valence-electron chi connectivity index (χ2n) is 3.08. The van der Waals surface area contributed by atoms with Crippen molar-refractivity contribution in [2.45, 2.75) is 27.2 Å². The molecule has 0 aromatic heterocycles. The van der Waals surface area contributed by atoms with E-state index in [2.05, 4.69) is 31.2 Å². The number of hydrogen-bond acceptors (Lipinski definition) is 1. The van der Waals surface area contributed by atoms with Gasteiger partial charge in [0.05, 0.1) is 6.61 Å². The summed E-state index contributed by atoms with van der Waals surface area (Å²) >= 11 is 0. The molecule has 1 aromatic rings. The molecule has 2 rings (SSSR count). The maximum atomic E-state index is 5.54. The predicted molar refractivity (Wildman–Crippen MR) is 61.7 cm³/mol. The Hall–Kier alpha value is -1.24. The minimum absolute atomic E-state index is 0.798. The molecular formula is C13H18O. The topological polar surface area (TPSA) is 9.23 Å². The van der Waals surface area contributed by atoms with Crippen molar-refractivity contribution >= 4 is 6.08 Å². The zero-order chi connectivity index (χ0) is 10.4. The molecular weight excluding hydrogens is 172 g/mol. The molecule has 0 saturated heterocycles. The fourth-order valence-corrected chi connectivity index (χ4v) is 1.38. The van der Waals surface area contributed by atoms with Crippen molar-refractivity contribution in [2.75, 3.05) is 6.61 Å². The van der Waals surface area contributed by atoms with E-state index in [4.69, 9.17) is 4.74 Å². The van der Waals surface area contributed by atoms with Gasteiger partial charge in [0.25, 0.3) is 0 Å². The van der Waals surface area contributed by atoms with Crippen LogP contribution >= 0.6 is 0 Å². The van der Waals surface area contributed by atoms with Crippen LogP contribution in [-0.4, -0.2) is 6.61 Å². The molecule has 0 fully saturated rings. The van der Waals surface area contributed by atoms with Crippen molar-refractivity contribution in [3.8, 4) is 5.75 Å². The average Bonchev–Trinajstić information content (AvgIpc) is 2.45. The summed E-state index contributed by atoms with van der Waals surface area (Å²) in [5.74, 6) is 1.01. The molecule has 0 bridgehead atoms. The largest absolute Gasteiger partial charge is 0.493 e. The molecule has 1 aliphatic rings. The van der Waals surface area contributed by atoms with Crippen LogP contribution < -0.4 is 4.74 Å². The van der Waals surface area contributed by atoms with Gasteiger partial charge in [-0.2, -0.15) is 0 Å². The first-order valence-electron chi connectivity index (χ1n) is 5.26. The van der Waals surface area contributed by atoms with Gasteiger partial charge in [0.1, 0.15) is 5.75 Å². The molecule has 1 aliphatic heterocycles. The first-order chi connectivity index (χ1) is 6.86. The number of rotatable bonds is 0. The van der Waals surface area contributed by atoms with Gasteiger partial charge >= 0.3 is 0 Å². The van der Waals surface area contributed by atoms with Crippen molar-refractivity contribution in [1.29, 1.82) is 0 Å². The molecule has 0 spiro atoms. The number of fused-ring (bicyclic) bond motifs is 1. The van der Waals surface area contributed by atoms with E-state index in [1.165, 1.54) is 11.1 Å². The van der Waals surface area contributed by atoms with Gasteiger partial charge in [0, 0.05) is 5.56 Å². The van der Waals surface area contributed by atoms with E-state index in [1.807, 2.05) is 19.9 Å². The van der Waals surface area contributed by atoms with Crippen LogP contribution in [0.3, 0.4) is 0 Å². The van der Waals surface area contributed by atoms with Crippen LogP contribution in [0.2, 0.25) is 0 Å². The van der Waals surface area contributed by atoms with E-state index >= 15 is 0 Å². The van der Waals surface area contributed by atoms with Gasteiger partial charge in [-0.1, -0.05) is 37.6 Å². The molecule has 1 heteroatoms. The van der Waals surface area contributed by atoms with E-state index < -0.39 is 0 Å². The molecule has 0 aliphatic carbocycles. The SMILES string of the molecule is CC.Cc1ccc2c(c1)C=CCCO2. The van der Waals surface area contributed by atoms with Crippen LogP contribution in [0.4, 0.5) is 0 Å². The summed E-state index contributed by atoms with van der Waals surface area (Å²) < 4.78 is 5.54. The van der Waals surface area contributed by atoms with Crippen LogP contribution in [0.15, 0.2) is 24.3 Å². The molecule has 0 radical (unpaired) electrons. The molecule has 0 saturated carbocycles. The van der Waals surface area contributed by atoms with E-state index in [-0.39, 0.29) is 0 Å². The highest BCUT2D eigenvalue weighted by Gasteiger charge is 2.02. The molecule has 0 amide bonds. The fourth-order valence-electron chi connectivity index (χ4n) is 1.38. The van der Waals surface area contributed by atoms with Gasteiger partial charge in [-0.3, -0.25) is 0 Å². The molecule has 14 heavy (non-hydrogen) atoms. The fraction of sp³-hybridized carbons (Fsp3) is 0.385. The second-order valence-corrected chi connectivity index (χ2v) is 3.08. The first-order valence-corrected chi connectivity index (χ1v) is 5.26. The molecule has 76 valence electrons. The lowest BCUT2D eigenvalue weighted by atomic mass is 10.1. The first kappa shape index (κ1) is 10.8. The highest BCUT2D eigenvalue weighted by atomic mass is 16.5. The Morgan fingerprint density at radius 3 is 2.79 bits per heavy atom. The molecule has 1 nitrogen and oxygen atoms in total. The zero-order valence-electron chi connectivity index (χ0n) is 9.21. The third kappa shape index (κ3) is 2.63. The van der Waals surface area contributed by atoms with Crippen LogP contribution in [-0.2, 0) is 0 Å². The van der Waals surface area contributed by atoms with E-state index in [0.717, 1.165) is 18.8 Å². The summed E-state index contributed by atoms with van der Waals surface area (Å²) in [4.78, 5) is 0. The predicted octanol–water partition coefficient (Wildman–Crippen LogP) is 3.82. The Balaban J connectivity index is 0.000000461. The highest BCUT2D eigenvalue weighted by Crippen LogP contribution is 2.23. The Labute approximate surface area is 86.4 Å². The lowest BCUT2D eigenvalue weighted by Crippen LogP contribution is -1.94. The van der Waals surface area contributed by atoms with Crippen molar-refractivity contribution < 1.29 is 4.74 Å². The normalized spacial score (nSPS) is 13.1. The number of benzene rings is 1. The van der Waals surface area contributed by atoms with Crippen LogP contribution in [0.25, 0.3) is 6.08 Å².